The maximum absolute atomic E-state index is 11.4. The predicted molar refractivity (Wildman–Crippen MR) is 58.7 cm³/mol. The number of para-hydroxylation sites is 1. The number of nitrogens with zero attached hydrogens (tertiary/aromatic N) is 1. The molecular formula is C10H10N4O. The van der Waals surface area contributed by atoms with E-state index in [1.807, 2.05) is 24.3 Å². The van der Waals surface area contributed by atoms with E-state index in [2.05, 4.69) is 15.7 Å². The molecule has 0 aliphatic carbocycles. The summed E-state index contributed by atoms with van der Waals surface area (Å²) < 4.78 is 0. The minimum Gasteiger partial charge on any atom is -0.339 e. The van der Waals surface area contributed by atoms with E-state index in [4.69, 9.17) is 0 Å². The summed E-state index contributed by atoms with van der Waals surface area (Å²) in [6.45, 7) is 0. The van der Waals surface area contributed by atoms with Gasteiger partial charge in [0.1, 0.15) is 11.5 Å². The van der Waals surface area contributed by atoms with E-state index < -0.39 is 0 Å². The zero-order chi connectivity index (χ0) is 10.4. The second kappa shape index (κ2) is 2.66. The van der Waals surface area contributed by atoms with Gasteiger partial charge in [0.15, 0.2) is 0 Å². The summed E-state index contributed by atoms with van der Waals surface area (Å²) in [5.41, 5.74) is 4.94. The lowest BCUT2D eigenvalue weighted by Gasteiger charge is -2.25. The van der Waals surface area contributed by atoms with Gasteiger partial charge in [-0.1, -0.05) is 18.2 Å². The molecule has 0 bridgehead atoms. The molecule has 2 amide bonds. The monoisotopic (exact) mass is 202 g/mol. The summed E-state index contributed by atoms with van der Waals surface area (Å²) in [7, 11) is 1.68. The number of rotatable bonds is 0. The van der Waals surface area contributed by atoms with Crippen LogP contribution in [0.3, 0.4) is 0 Å². The number of H-pyrrole nitrogens is 1. The lowest BCUT2D eigenvalue weighted by Crippen LogP contribution is -2.39. The first-order valence-electron chi connectivity index (χ1n) is 4.68. The summed E-state index contributed by atoms with van der Waals surface area (Å²) in [6, 6.07) is 7.73. The van der Waals surface area contributed by atoms with Gasteiger partial charge in [0.2, 0.25) is 0 Å². The van der Waals surface area contributed by atoms with Crippen LogP contribution in [0, 0.1) is 0 Å². The topological polar surface area (TPSA) is 60.2 Å². The largest absolute Gasteiger partial charge is 0.341 e. The number of urea groups is 1. The fraction of sp³-hybridized carbons (Fsp3) is 0.100. The lowest BCUT2D eigenvalue weighted by atomic mass is 10.2. The summed E-state index contributed by atoms with van der Waals surface area (Å²) in [5, 5.41) is 5.26. The average molecular weight is 202 g/mol. The number of hydrazine groups is 1. The Morgan fingerprint density at radius 2 is 2.07 bits per heavy atom. The van der Waals surface area contributed by atoms with E-state index in [9.17, 15) is 4.79 Å². The van der Waals surface area contributed by atoms with Crippen molar-refractivity contribution in [3.63, 3.8) is 0 Å². The quantitative estimate of drug-likeness (QED) is 0.611. The highest BCUT2D eigenvalue weighted by Crippen LogP contribution is 2.33. The van der Waals surface area contributed by atoms with Gasteiger partial charge < -0.3 is 4.98 Å². The lowest BCUT2D eigenvalue weighted by molar-refractivity contribution is 0.229. The highest BCUT2D eigenvalue weighted by molar-refractivity contribution is 6.07. The van der Waals surface area contributed by atoms with Gasteiger partial charge in [-0.05, 0) is 6.07 Å². The number of nitrogens with one attached hydrogen (secondary N) is 3. The molecule has 0 fully saturated rings. The van der Waals surface area contributed by atoms with E-state index >= 15 is 0 Å². The number of benzene rings is 1. The molecule has 0 saturated heterocycles. The van der Waals surface area contributed by atoms with E-state index in [0.717, 1.165) is 22.4 Å². The van der Waals surface area contributed by atoms with Crippen molar-refractivity contribution >= 4 is 28.4 Å². The summed E-state index contributed by atoms with van der Waals surface area (Å²) in [4.78, 5) is 14.5. The normalized spacial score (nSPS) is 14.7. The van der Waals surface area contributed by atoms with Crippen LogP contribution in [0.5, 0.6) is 0 Å². The highest BCUT2D eigenvalue weighted by atomic mass is 16.2. The number of hydrogen-bond donors (Lipinski definition) is 3. The fourth-order valence-electron chi connectivity index (χ4n) is 1.76. The van der Waals surface area contributed by atoms with Gasteiger partial charge in [-0.3, -0.25) is 10.7 Å². The Labute approximate surface area is 86.0 Å². The molecule has 0 atom stereocenters. The van der Waals surface area contributed by atoms with E-state index in [1.54, 1.807) is 7.05 Å². The molecule has 3 rings (SSSR count). The first-order valence-corrected chi connectivity index (χ1v) is 4.68. The number of anilines is 2. The summed E-state index contributed by atoms with van der Waals surface area (Å²) >= 11 is 0. The van der Waals surface area contributed by atoms with Crippen molar-refractivity contribution in [2.75, 3.05) is 17.8 Å². The summed E-state index contributed by atoms with van der Waals surface area (Å²) in [5.74, 6) is 0.722. The van der Waals surface area contributed by atoms with Crippen molar-refractivity contribution < 1.29 is 4.79 Å². The SMILES string of the molecule is CN1Nc2c([nH]c3ccccc23)NC1=O. The van der Waals surface area contributed by atoms with Crippen LogP contribution in [0.25, 0.3) is 10.9 Å². The highest BCUT2D eigenvalue weighted by Gasteiger charge is 2.22. The van der Waals surface area contributed by atoms with Gasteiger partial charge in [-0.2, -0.15) is 0 Å². The molecule has 5 nitrogen and oxygen atoms in total. The third-order valence-corrected chi connectivity index (χ3v) is 2.52. The minimum atomic E-state index is -0.172. The molecule has 5 heteroatoms. The Kier molecular flexibility index (Phi) is 1.45. The van der Waals surface area contributed by atoms with Gasteiger partial charge in [-0.15, -0.1) is 0 Å². The smallest absolute Gasteiger partial charge is 0.339 e. The van der Waals surface area contributed by atoms with E-state index in [1.165, 1.54) is 5.01 Å². The van der Waals surface area contributed by atoms with Crippen LogP contribution in [0.15, 0.2) is 24.3 Å². The molecule has 1 aromatic heterocycles. The fourth-order valence-corrected chi connectivity index (χ4v) is 1.76. The van der Waals surface area contributed by atoms with Crippen LogP contribution in [0.1, 0.15) is 0 Å². The van der Waals surface area contributed by atoms with Gasteiger partial charge in [0.25, 0.3) is 0 Å². The average Bonchev–Trinajstić information content (AvgIpc) is 2.57. The van der Waals surface area contributed by atoms with Crippen LogP contribution < -0.4 is 10.7 Å². The Morgan fingerprint density at radius 1 is 1.27 bits per heavy atom. The Hall–Kier alpha value is -2.17. The third-order valence-electron chi connectivity index (χ3n) is 2.52. The molecule has 2 heterocycles. The van der Waals surface area contributed by atoms with Crippen LogP contribution in [-0.4, -0.2) is 23.1 Å². The zero-order valence-corrected chi connectivity index (χ0v) is 8.16. The second-order valence-electron chi connectivity index (χ2n) is 3.52. The molecule has 1 aliphatic heterocycles. The molecule has 0 unspecified atom stereocenters. The maximum atomic E-state index is 11.4. The second-order valence-corrected chi connectivity index (χ2v) is 3.52. The standard InChI is InChI=1S/C10H10N4O/c1-14-10(15)12-9-8(13-14)6-4-2-3-5-7(6)11-9/h2-5,11,13H,1H3,(H,12,15). The van der Waals surface area contributed by atoms with Gasteiger partial charge in [-0.25, -0.2) is 9.80 Å². The first-order chi connectivity index (χ1) is 7.25. The van der Waals surface area contributed by atoms with Crippen LogP contribution in [0.4, 0.5) is 16.3 Å². The molecule has 0 spiro atoms. The van der Waals surface area contributed by atoms with Crippen LogP contribution >= 0.6 is 0 Å². The van der Waals surface area contributed by atoms with Crippen LogP contribution in [-0.2, 0) is 0 Å². The molecular weight excluding hydrogens is 192 g/mol. The number of aromatic amines is 1. The molecule has 1 aliphatic rings. The predicted octanol–water partition coefficient (Wildman–Crippen LogP) is 1.97. The molecule has 15 heavy (non-hydrogen) atoms. The number of fused-ring (bicyclic) bond motifs is 3. The van der Waals surface area contributed by atoms with Crippen molar-refractivity contribution in [1.29, 1.82) is 0 Å². The zero-order valence-electron chi connectivity index (χ0n) is 8.16. The number of hydrogen-bond acceptors (Lipinski definition) is 2. The van der Waals surface area contributed by atoms with Gasteiger partial charge in [0.05, 0.1) is 0 Å². The molecule has 0 radical (unpaired) electrons. The molecule has 0 saturated carbocycles. The van der Waals surface area contributed by atoms with E-state index in [0.29, 0.717) is 0 Å². The first kappa shape index (κ1) is 8.16. The van der Waals surface area contributed by atoms with Crippen molar-refractivity contribution in [1.82, 2.24) is 9.99 Å². The van der Waals surface area contributed by atoms with Crippen molar-refractivity contribution in [3.8, 4) is 0 Å². The van der Waals surface area contributed by atoms with Crippen LogP contribution in [0.2, 0.25) is 0 Å². The number of carbonyl (C=O) groups excluding carboxylic acids is 1. The maximum Gasteiger partial charge on any atom is 0.341 e. The number of carbonyl (C=O) groups is 1. The van der Waals surface area contributed by atoms with Gasteiger partial charge in [0, 0.05) is 18.0 Å². The molecule has 1 aromatic carbocycles. The Bertz CT molecular complexity index is 545. The molecule has 76 valence electrons. The van der Waals surface area contributed by atoms with Crippen molar-refractivity contribution in [2.45, 2.75) is 0 Å². The number of aromatic nitrogens is 1. The Balaban J connectivity index is 2.25. The van der Waals surface area contributed by atoms with E-state index in [-0.39, 0.29) is 6.03 Å². The third kappa shape index (κ3) is 1.06. The Morgan fingerprint density at radius 3 is 2.93 bits per heavy atom. The van der Waals surface area contributed by atoms with Crippen molar-refractivity contribution in [2.24, 2.45) is 0 Å². The molecule has 3 N–H and O–H groups in total. The summed E-state index contributed by atoms with van der Waals surface area (Å²) in [6.07, 6.45) is 0. The molecule has 2 aromatic rings. The van der Waals surface area contributed by atoms with Gasteiger partial charge >= 0.3 is 6.03 Å². The number of amides is 2. The minimum absolute atomic E-state index is 0.172. The van der Waals surface area contributed by atoms with Crippen molar-refractivity contribution in [3.05, 3.63) is 24.3 Å².